The zero-order chi connectivity index (χ0) is 25.9. The van der Waals surface area contributed by atoms with E-state index in [2.05, 4.69) is 29.1 Å². The third-order valence-electron chi connectivity index (χ3n) is 8.91. The number of anilines is 1. The molecule has 1 aliphatic carbocycles. The van der Waals surface area contributed by atoms with Crippen molar-refractivity contribution >= 4 is 23.3 Å². The summed E-state index contributed by atoms with van der Waals surface area (Å²) in [7, 11) is 2.14. The van der Waals surface area contributed by atoms with E-state index in [4.69, 9.17) is 4.74 Å². The van der Waals surface area contributed by atoms with Gasteiger partial charge in [0.05, 0.1) is 6.10 Å². The van der Waals surface area contributed by atoms with Crippen molar-refractivity contribution in [1.82, 2.24) is 15.1 Å². The van der Waals surface area contributed by atoms with Crippen molar-refractivity contribution < 1.29 is 19.1 Å². The van der Waals surface area contributed by atoms with Gasteiger partial charge in [-0.3, -0.25) is 14.4 Å². The summed E-state index contributed by atoms with van der Waals surface area (Å²) in [5.41, 5.74) is 1.68. The minimum absolute atomic E-state index is 0.00910. The van der Waals surface area contributed by atoms with E-state index in [1.807, 2.05) is 24.3 Å². The van der Waals surface area contributed by atoms with E-state index in [9.17, 15) is 14.4 Å². The molecule has 1 saturated carbocycles. The van der Waals surface area contributed by atoms with Gasteiger partial charge in [-0.2, -0.15) is 0 Å². The highest BCUT2D eigenvalue weighted by Crippen LogP contribution is 2.36. The number of ketones is 1. The lowest BCUT2D eigenvalue weighted by molar-refractivity contribution is -0.139. The number of nitrogens with zero attached hydrogens (tertiary/aromatic N) is 3. The number of carbonyl (C=O) groups is 3. The molecule has 4 atom stereocenters. The Morgan fingerprint density at radius 2 is 1.76 bits per heavy atom. The van der Waals surface area contributed by atoms with Crippen LogP contribution >= 0.6 is 0 Å². The zero-order valence-corrected chi connectivity index (χ0v) is 22.4. The lowest BCUT2D eigenvalue weighted by Gasteiger charge is -2.34. The Bertz CT molecular complexity index is 969. The van der Waals surface area contributed by atoms with Crippen molar-refractivity contribution in [1.29, 1.82) is 0 Å². The van der Waals surface area contributed by atoms with Crippen molar-refractivity contribution in [2.24, 2.45) is 11.8 Å². The van der Waals surface area contributed by atoms with Crippen LogP contribution in [0, 0.1) is 11.8 Å². The molecule has 0 aromatic heterocycles. The summed E-state index contributed by atoms with van der Waals surface area (Å²) in [6.45, 7) is 6.73. The molecule has 37 heavy (non-hydrogen) atoms. The second-order valence-electron chi connectivity index (χ2n) is 11.4. The Morgan fingerprint density at radius 1 is 1.05 bits per heavy atom. The average Bonchev–Trinajstić information content (AvgIpc) is 3.49. The lowest BCUT2D eigenvalue weighted by atomic mass is 9.83. The molecule has 8 heteroatoms. The number of fused-ring (bicyclic) bond motifs is 1. The molecule has 3 aliphatic heterocycles. The van der Waals surface area contributed by atoms with Crippen LogP contribution in [0.2, 0.25) is 0 Å². The summed E-state index contributed by atoms with van der Waals surface area (Å²) in [4.78, 5) is 46.6. The molecule has 5 rings (SSSR count). The van der Waals surface area contributed by atoms with Crippen molar-refractivity contribution in [3.05, 3.63) is 29.8 Å². The van der Waals surface area contributed by atoms with Crippen LogP contribution in [0.25, 0.3) is 0 Å². The van der Waals surface area contributed by atoms with E-state index in [1.165, 1.54) is 6.42 Å². The van der Waals surface area contributed by atoms with E-state index in [1.54, 1.807) is 4.90 Å². The van der Waals surface area contributed by atoms with Crippen molar-refractivity contribution in [2.75, 3.05) is 51.3 Å². The molecule has 0 bridgehead atoms. The third kappa shape index (κ3) is 5.55. The molecule has 1 aromatic carbocycles. The quantitative estimate of drug-likeness (QED) is 0.608. The minimum Gasteiger partial charge on any atom is -0.369 e. The molecule has 4 fully saturated rings. The van der Waals surface area contributed by atoms with Gasteiger partial charge in [0, 0.05) is 49.9 Å². The van der Waals surface area contributed by atoms with Crippen LogP contribution in [-0.2, 0) is 14.3 Å². The van der Waals surface area contributed by atoms with Gasteiger partial charge in [-0.1, -0.05) is 32.6 Å². The highest BCUT2D eigenvalue weighted by Gasteiger charge is 2.53. The lowest BCUT2D eigenvalue weighted by Crippen LogP contribution is -2.55. The van der Waals surface area contributed by atoms with Crippen LogP contribution in [0.5, 0.6) is 0 Å². The monoisotopic (exact) mass is 510 g/mol. The molecular formula is C29H42N4O4. The van der Waals surface area contributed by atoms with Gasteiger partial charge in [0.25, 0.3) is 5.91 Å². The fourth-order valence-electron chi connectivity index (χ4n) is 6.75. The molecule has 3 saturated heterocycles. The van der Waals surface area contributed by atoms with Crippen LogP contribution in [0.1, 0.15) is 62.2 Å². The first-order chi connectivity index (χ1) is 18.0. The topological polar surface area (TPSA) is 82.2 Å². The van der Waals surface area contributed by atoms with Crippen molar-refractivity contribution in [3.8, 4) is 0 Å². The Hall–Kier alpha value is -2.45. The first kappa shape index (κ1) is 26.2. The molecule has 3 heterocycles. The number of hydrogen-bond acceptors (Lipinski definition) is 6. The summed E-state index contributed by atoms with van der Waals surface area (Å²) in [6.07, 6.45) is 6.85. The summed E-state index contributed by atoms with van der Waals surface area (Å²) in [5.74, 6) is -0.0678. The normalized spacial score (nSPS) is 27.8. The third-order valence-corrected chi connectivity index (χ3v) is 8.91. The predicted octanol–water partition coefficient (Wildman–Crippen LogP) is 2.71. The van der Waals surface area contributed by atoms with E-state index < -0.39 is 12.1 Å². The molecule has 1 aromatic rings. The number of likely N-dealkylation sites (N-methyl/N-ethyl adjacent to an activating group) is 1. The summed E-state index contributed by atoms with van der Waals surface area (Å²) in [5, 5.41) is 3.12. The number of Topliss-reactive ketones (excluding diaryl/α,β-unsaturated/α-hetero) is 1. The Morgan fingerprint density at radius 3 is 2.43 bits per heavy atom. The largest absolute Gasteiger partial charge is 0.369 e. The highest BCUT2D eigenvalue weighted by molar-refractivity contribution is 5.99. The SMILES string of the molecule is CCC[C@@H]1CN(C(=O)[C@@H](NC(=O)c2ccc(N3CCN(C)CC3)cc2)C2CCCCC2)[C@@H]2C(=O)CO[C@H]12. The van der Waals surface area contributed by atoms with Gasteiger partial charge < -0.3 is 24.8 Å². The summed E-state index contributed by atoms with van der Waals surface area (Å²) < 4.78 is 5.84. The molecule has 0 radical (unpaired) electrons. The fraction of sp³-hybridized carbons (Fsp3) is 0.690. The van der Waals surface area contributed by atoms with E-state index in [0.29, 0.717) is 12.1 Å². The van der Waals surface area contributed by atoms with Gasteiger partial charge in [-0.25, -0.2) is 0 Å². The van der Waals surface area contributed by atoms with Crippen LogP contribution in [0.15, 0.2) is 24.3 Å². The maximum Gasteiger partial charge on any atom is 0.251 e. The minimum atomic E-state index is -0.612. The number of likely N-dealkylation sites (tertiary alicyclic amines) is 1. The maximum atomic E-state index is 14.0. The number of benzene rings is 1. The van der Waals surface area contributed by atoms with Crippen LogP contribution < -0.4 is 10.2 Å². The van der Waals surface area contributed by atoms with E-state index in [-0.39, 0.29) is 42.1 Å². The summed E-state index contributed by atoms with van der Waals surface area (Å²) >= 11 is 0. The van der Waals surface area contributed by atoms with Gasteiger partial charge in [0.2, 0.25) is 5.91 Å². The fourth-order valence-corrected chi connectivity index (χ4v) is 6.75. The zero-order valence-electron chi connectivity index (χ0n) is 22.4. The summed E-state index contributed by atoms with van der Waals surface area (Å²) in [6, 6.07) is 6.62. The first-order valence-corrected chi connectivity index (χ1v) is 14.3. The van der Waals surface area contributed by atoms with Crippen molar-refractivity contribution in [3.63, 3.8) is 0 Å². The van der Waals surface area contributed by atoms with Gasteiger partial charge >= 0.3 is 0 Å². The standard InChI is InChI=1S/C29H42N4O4/c1-3-7-22-18-33(26-24(34)19-37-27(22)26)29(36)25(20-8-5-4-6-9-20)30-28(35)21-10-12-23(13-11-21)32-16-14-31(2)15-17-32/h10-13,20,22,25-27H,3-9,14-19H2,1-2H3,(H,30,35)/t22-,25+,26-,27-/m1/s1. The molecule has 4 aliphatic rings. The van der Waals surface area contributed by atoms with Gasteiger partial charge in [0.1, 0.15) is 18.7 Å². The van der Waals surface area contributed by atoms with Crippen LogP contribution in [-0.4, -0.2) is 92.0 Å². The highest BCUT2D eigenvalue weighted by atomic mass is 16.5. The number of ether oxygens (including phenoxy) is 1. The van der Waals surface area contributed by atoms with Crippen LogP contribution in [0.4, 0.5) is 5.69 Å². The average molecular weight is 511 g/mol. The predicted molar refractivity (Wildman–Crippen MR) is 143 cm³/mol. The van der Waals surface area contributed by atoms with E-state index in [0.717, 1.165) is 70.4 Å². The number of nitrogens with one attached hydrogen (secondary N) is 1. The van der Waals surface area contributed by atoms with Crippen molar-refractivity contribution in [2.45, 2.75) is 70.1 Å². The molecular weight excluding hydrogens is 468 g/mol. The Kier molecular flexibility index (Phi) is 8.15. The number of carbonyl (C=O) groups excluding carboxylic acids is 3. The molecule has 2 amide bonds. The molecule has 8 nitrogen and oxygen atoms in total. The number of hydrogen-bond donors (Lipinski definition) is 1. The number of piperazine rings is 1. The number of amides is 2. The van der Waals surface area contributed by atoms with Gasteiger partial charge in [-0.05, 0) is 56.5 Å². The molecule has 0 unspecified atom stereocenters. The number of rotatable bonds is 7. The Balaban J connectivity index is 1.31. The maximum absolute atomic E-state index is 14.0. The Labute approximate surface area is 220 Å². The molecule has 202 valence electrons. The van der Waals surface area contributed by atoms with Gasteiger partial charge in [-0.15, -0.1) is 0 Å². The molecule has 0 spiro atoms. The van der Waals surface area contributed by atoms with E-state index >= 15 is 0 Å². The second-order valence-corrected chi connectivity index (χ2v) is 11.4. The second kappa shape index (κ2) is 11.5. The molecule has 1 N–H and O–H groups in total. The van der Waals surface area contributed by atoms with Gasteiger partial charge in [0.15, 0.2) is 5.78 Å². The van der Waals surface area contributed by atoms with Crippen LogP contribution in [0.3, 0.4) is 0 Å². The smallest absolute Gasteiger partial charge is 0.251 e. The first-order valence-electron chi connectivity index (χ1n) is 14.3.